The first-order valence-electron chi connectivity index (χ1n) is 6.99. The number of aryl methyl sites for hydroxylation is 2. The van der Waals surface area contributed by atoms with Crippen molar-refractivity contribution in [3.8, 4) is 0 Å². The molecule has 0 aliphatic heterocycles. The summed E-state index contributed by atoms with van der Waals surface area (Å²) in [6.07, 6.45) is 8.12. The standard InChI is InChI=1S/C16H23N3/c1-14-6-5-7-16(15(14)2)12-17-8-3-4-10-19-11-9-18-13-19/h5-7,9,11,13,17H,3-4,8,10,12H2,1-2H3. The third-order valence-corrected chi connectivity index (χ3v) is 3.61. The average Bonchev–Trinajstić information content (AvgIpc) is 2.91. The molecule has 19 heavy (non-hydrogen) atoms. The molecule has 0 saturated heterocycles. The van der Waals surface area contributed by atoms with Crippen molar-refractivity contribution >= 4 is 0 Å². The van der Waals surface area contributed by atoms with E-state index >= 15 is 0 Å². The zero-order valence-electron chi connectivity index (χ0n) is 11.9. The molecule has 0 aliphatic carbocycles. The summed E-state index contributed by atoms with van der Waals surface area (Å²) < 4.78 is 2.13. The van der Waals surface area contributed by atoms with Crippen LogP contribution in [0.3, 0.4) is 0 Å². The third kappa shape index (κ3) is 4.21. The molecule has 0 saturated carbocycles. The highest BCUT2D eigenvalue weighted by Crippen LogP contribution is 2.12. The van der Waals surface area contributed by atoms with Gasteiger partial charge in [-0.05, 0) is 49.9 Å². The molecule has 1 heterocycles. The minimum atomic E-state index is 0.971. The van der Waals surface area contributed by atoms with Crippen LogP contribution in [0.5, 0.6) is 0 Å². The Hall–Kier alpha value is -1.61. The third-order valence-electron chi connectivity index (χ3n) is 3.61. The van der Waals surface area contributed by atoms with Crippen LogP contribution in [-0.4, -0.2) is 16.1 Å². The van der Waals surface area contributed by atoms with Gasteiger partial charge in [0, 0.05) is 25.5 Å². The number of unbranched alkanes of at least 4 members (excludes halogenated alkanes) is 1. The van der Waals surface area contributed by atoms with Gasteiger partial charge < -0.3 is 9.88 Å². The summed E-state index contributed by atoms with van der Waals surface area (Å²) in [7, 11) is 0. The van der Waals surface area contributed by atoms with Crippen molar-refractivity contribution < 1.29 is 0 Å². The SMILES string of the molecule is Cc1cccc(CNCCCCn2ccnc2)c1C. The Morgan fingerprint density at radius 3 is 2.89 bits per heavy atom. The van der Waals surface area contributed by atoms with Crippen LogP contribution in [0.15, 0.2) is 36.9 Å². The highest BCUT2D eigenvalue weighted by molar-refractivity contribution is 5.32. The normalized spacial score (nSPS) is 10.8. The number of nitrogens with zero attached hydrogens (tertiary/aromatic N) is 2. The number of hydrogen-bond acceptors (Lipinski definition) is 2. The van der Waals surface area contributed by atoms with E-state index in [1.54, 1.807) is 0 Å². The number of benzene rings is 1. The predicted molar refractivity (Wildman–Crippen MR) is 79.1 cm³/mol. The largest absolute Gasteiger partial charge is 0.337 e. The lowest BCUT2D eigenvalue weighted by atomic mass is 10.0. The molecule has 0 unspecified atom stereocenters. The molecule has 2 rings (SSSR count). The Balaban J connectivity index is 1.63. The Morgan fingerprint density at radius 1 is 1.21 bits per heavy atom. The van der Waals surface area contributed by atoms with Crippen molar-refractivity contribution in [2.45, 2.75) is 39.8 Å². The van der Waals surface area contributed by atoms with E-state index in [-0.39, 0.29) is 0 Å². The fourth-order valence-corrected chi connectivity index (χ4v) is 2.19. The van der Waals surface area contributed by atoms with Crippen LogP contribution in [-0.2, 0) is 13.1 Å². The fourth-order valence-electron chi connectivity index (χ4n) is 2.19. The number of aromatic nitrogens is 2. The summed E-state index contributed by atoms with van der Waals surface area (Å²) in [6.45, 7) is 7.47. The molecule has 0 fully saturated rings. The Bertz CT molecular complexity index is 489. The summed E-state index contributed by atoms with van der Waals surface area (Å²) >= 11 is 0. The Kier molecular flexibility index (Phi) is 5.16. The van der Waals surface area contributed by atoms with Crippen LogP contribution in [0.25, 0.3) is 0 Å². The van der Waals surface area contributed by atoms with E-state index in [0.717, 1.165) is 19.6 Å². The van der Waals surface area contributed by atoms with Crippen LogP contribution >= 0.6 is 0 Å². The molecule has 1 N–H and O–H groups in total. The van der Waals surface area contributed by atoms with Crippen LogP contribution in [0.1, 0.15) is 29.5 Å². The smallest absolute Gasteiger partial charge is 0.0945 e. The zero-order chi connectivity index (χ0) is 13.5. The lowest BCUT2D eigenvalue weighted by molar-refractivity contribution is 0.567. The van der Waals surface area contributed by atoms with Gasteiger partial charge in [0.1, 0.15) is 0 Å². The molecular weight excluding hydrogens is 234 g/mol. The minimum absolute atomic E-state index is 0.971. The lowest BCUT2D eigenvalue weighted by Gasteiger charge is -2.10. The molecule has 0 radical (unpaired) electrons. The van der Waals surface area contributed by atoms with E-state index in [0.29, 0.717) is 0 Å². The van der Waals surface area contributed by atoms with Crippen molar-refractivity contribution in [2.24, 2.45) is 0 Å². The second-order valence-corrected chi connectivity index (χ2v) is 5.04. The average molecular weight is 257 g/mol. The van der Waals surface area contributed by atoms with Gasteiger partial charge in [0.15, 0.2) is 0 Å². The van der Waals surface area contributed by atoms with Crippen LogP contribution in [0.2, 0.25) is 0 Å². The van der Waals surface area contributed by atoms with E-state index in [1.807, 2.05) is 18.7 Å². The summed E-state index contributed by atoms with van der Waals surface area (Å²) in [4.78, 5) is 4.04. The quantitative estimate of drug-likeness (QED) is 0.773. The van der Waals surface area contributed by atoms with E-state index in [4.69, 9.17) is 0 Å². The maximum absolute atomic E-state index is 4.04. The number of nitrogens with one attached hydrogen (secondary N) is 1. The molecule has 1 aromatic heterocycles. The minimum Gasteiger partial charge on any atom is -0.337 e. The molecule has 0 spiro atoms. The van der Waals surface area contributed by atoms with Gasteiger partial charge >= 0.3 is 0 Å². The van der Waals surface area contributed by atoms with Crippen molar-refractivity contribution in [2.75, 3.05) is 6.54 Å². The van der Waals surface area contributed by atoms with Crippen LogP contribution in [0, 0.1) is 13.8 Å². The number of imidazole rings is 1. The summed E-state index contributed by atoms with van der Waals surface area (Å²) in [6, 6.07) is 6.52. The van der Waals surface area contributed by atoms with Gasteiger partial charge in [-0.1, -0.05) is 18.2 Å². The second-order valence-electron chi connectivity index (χ2n) is 5.04. The fraction of sp³-hybridized carbons (Fsp3) is 0.438. The van der Waals surface area contributed by atoms with E-state index < -0.39 is 0 Å². The molecule has 102 valence electrons. The molecule has 0 atom stereocenters. The summed E-state index contributed by atoms with van der Waals surface area (Å²) in [5.74, 6) is 0. The molecule has 0 bridgehead atoms. The highest BCUT2D eigenvalue weighted by Gasteiger charge is 1.99. The molecule has 1 aromatic carbocycles. The Labute approximate surface area is 115 Å². The van der Waals surface area contributed by atoms with Gasteiger partial charge in [-0.25, -0.2) is 4.98 Å². The number of hydrogen-bond donors (Lipinski definition) is 1. The number of rotatable bonds is 7. The first kappa shape index (κ1) is 13.8. The molecule has 0 aliphatic rings. The van der Waals surface area contributed by atoms with E-state index in [2.05, 4.69) is 46.9 Å². The monoisotopic (exact) mass is 257 g/mol. The van der Waals surface area contributed by atoms with Crippen molar-refractivity contribution in [1.29, 1.82) is 0 Å². The van der Waals surface area contributed by atoms with E-state index in [9.17, 15) is 0 Å². The highest BCUT2D eigenvalue weighted by atomic mass is 15.0. The zero-order valence-corrected chi connectivity index (χ0v) is 11.9. The maximum Gasteiger partial charge on any atom is 0.0945 e. The van der Waals surface area contributed by atoms with Gasteiger partial charge in [-0.15, -0.1) is 0 Å². The van der Waals surface area contributed by atoms with Gasteiger partial charge in [-0.3, -0.25) is 0 Å². The first-order chi connectivity index (χ1) is 9.27. The topological polar surface area (TPSA) is 29.9 Å². The predicted octanol–water partition coefficient (Wildman–Crippen LogP) is 3.07. The summed E-state index contributed by atoms with van der Waals surface area (Å²) in [5, 5.41) is 3.52. The maximum atomic E-state index is 4.04. The van der Waals surface area contributed by atoms with Crippen molar-refractivity contribution in [1.82, 2.24) is 14.9 Å². The first-order valence-corrected chi connectivity index (χ1v) is 6.99. The van der Waals surface area contributed by atoms with Gasteiger partial charge in [0.05, 0.1) is 6.33 Å². The summed E-state index contributed by atoms with van der Waals surface area (Å²) in [5.41, 5.74) is 4.20. The van der Waals surface area contributed by atoms with Crippen LogP contribution in [0.4, 0.5) is 0 Å². The molecule has 0 amide bonds. The van der Waals surface area contributed by atoms with E-state index in [1.165, 1.54) is 29.5 Å². The molecule has 3 heteroatoms. The second kappa shape index (κ2) is 7.10. The van der Waals surface area contributed by atoms with Crippen molar-refractivity contribution in [3.63, 3.8) is 0 Å². The molecule has 2 aromatic rings. The van der Waals surface area contributed by atoms with Gasteiger partial charge in [0.2, 0.25) is 0 Å². The molecular formula is C16H23N3. The Morgan fingerprint density at radius 2 is 2.11 bits per heavy atom. The van der Waals surface area contributed by atoms with Crippen LogP contribution < -0.4 is 5.32 Å². The lowest BCUT2D eigenvalue weighted by Crippen LogP contribution is -2.16. The van der Waals surface area contributed by atoms with Crippen molar-refractivity contribution in [3.05, 3.63) is 53.6 Å². The van der Waals surface area contributed by atoms with Gasteiger partial charge in [-0.2, -0.15) is 0 Å². The molecule has 3 nitrogen and oxygen atoms in total. The van der Waals surface area contributed by atoms with Gasteiger partial charge in [0.25, 0.3) is 0 Å².